The van der Waals surface area contributed by atoms with Crippen LogP contribution in [0.2, 0.25) is 5.02 Å². The molecule has 0 bridgehead atoms. The monoisotopic (exact) mass is 296 g/mol. The number of hydrogen-bond acceptors (Lipinski definition) is 2. The first-order chi connectivity index (χ1) is 9.40. The molecule has 0 aliphatic heterocycles. The van der Waals surface area contributed by atoms with Gasteiger partial charge in [-0.25, -0.2) is 8.78 Å². The van der Waals surface area contributed by atoms with Crippen LogP contribution in [0.5, 0.6) is 0 Å². The third kappa shape index (κ3) is 2.85. The van der Waals surface area contributed by atoms with E-state index in [4.69, 9.17) is 17.3 Å². The zero-order chi connectivity index (χ0) is 14.9. The average molecular weight is 297 g/mol. The van der Waals surface area contributed by atoms with Gasteiger partial charge in [0.05, 0.1) is 6.04 Å². The van der Waals surface area contributed by atoms with Crippen LogP contribution in [0, 0.1) is 11.6 Å². The zero-order valence-corrected chi connectivity index (χ0v) is 12.0. The average Bonchev–Trinajstić information content (AvgIpc) is 2.37. The van der Waals surface area contributed by atoms with E-state index in [1.807, 2.05) is 19.1 Å². The summed E-state index contributed by atoms with van der Waals surface area (Å²) in [4.78, 5) is 1.54. The molecule has 0 saturated carbocycles. The highest BCUT2D eigenvalue weighted by Gasteiger charge is 2.20. The molecule has 0 saturated heterocycles. The fourth-order valence-corrected chi connectivity index (χ4v) is 2.21. The lowest BCUT2D eigenvalue weighted by molar-refractivity contribution is 0.566. The summed E-state index contributed by atoms with van der Waals surface area (Å²) in [5.74, 6) is -1.35. The molecule has 20 heavy (non-hydrogen) atoms. The molecule has 0 aliphatic carbocycles. The van der Waals surface area contributed by atoms with E-state index in [1.165, 1.54) is 4.90 Å². The lowest BCUT2D eigenvalue weighted by Gasteiger charge is -2.28. The summed E-state index contributed by atoms with van der Waals surface area (Å²) < 4.78 is 27.8. The highest BCUT2D eigenvalue weighted by Crippen LogP contribution is 2.31. The van der Waals surface area contributed by atoms with E-state index in [9.17, 15) is 8.78 Å². The van der Waals surface area contributed by atoms with Crippen LogP contribution in [0.3, 0.4) is 0 Å². The van der Waals surface area contributed by atoms with Gasteiger partial charge in [0, 0.05) is 17.8 Å². The number of hydrogen-bond donors (Lipinski definition) is 1. The Morgan fingerprint density at radius 2 is 1.60 bits per heavy atom. The molecule has 2 nitrogen and oxygen atoms in total. The number of nitrogens with two attached hydrogens (primary N) is 1. The van der Waals surface area contributed by atoms with E-state index in [2.05, 4.69) is 0 Å². The molecule has 0 aromatic heterocycles. The largest absolute Gasteiger partial charge is 0.399 e. The maximum absolute atomic E-state index is 13.9. The molecule has 0 aliphatic rings. The SMILES string of the molecule is CC(c1ccc(Cl)cc1)N(C)c1c(F)cc(N)cc1F. The predicted molar refractivity (Wildman–Crippen MR) is 79.0 cm³/mol. The van der Waals surface area contributed by atoms with E-state index >= 15 is 0 Å². The second kappa shape index (κ2) is 5.67. The fraction of sp³-hybridized carbons (Fsp3) is 0.200. The summed E-state index contributed by atoms with van der Waals surface area (Å²) in [7, 11) is 1.64. The molecule has 0 fully saturated rings. The Hall–Kier alpha value is -1.81. The fourth-order valence-electron chi connectivity index (χ4n) is 2.08. The molecule has 0 spiro atoms. The minimum absolute atomic E-state index is 0.0660. The van der Waals surface area contributed by atoms with Crippen molar-refractivity contribution in [1.29, 1.82) is 0 Å². The molecule has 5 heteroatoms. The molecule has 2 rings (SSSR count). The Balaban J connectivity index is 2.36. The van der Waals surface area contributed by atoms with Crippen molar-refractivity contribution in [1.82, 2.24) is 0 Å². The summed E-state index contributed by atoms with van der Waals surface area (Å²) in [6.07, 6.45) is 0. The van der Waals surface area contributed by atoms with Crippen molar-refractivity contribution in [2.24, 2.45) is 0 Å². The number of halogens is 3. The maximum Gasteiger partial charge on any atom is 0.151 e. The normalized spacial score (nSPS) is 12.2. The first-order valence-electron chi connectivity index (χ1n) is 6.13. The second-order valence-corrected chi connectivity index (χ2v) is 5.11. The third-order valence-corrected chi connectivity index (χ3v) is 3.58. The standard InChI is InChI=1S/C15H15ClF2N2/c1-9(10-3-5-11(16)6-4-10)20(2)15-13(17)7-12(19)8-14(15)18/h3-9H,19H2,1-2H3. The van der Waals surface area contributed by atoms with Gasteiger partial charge in [0.25, 0.3) is 0 Å². The Bertz CT molecular complexity index is 591. The molecule has 2 aromatic rings. The number of benzene rings is 2. The lowest BCUT2D eigenvalue weighted by atomic mass is 10.1. The smallest absolute Gasteiger partial charge is 0.151 e. The van der Waals surface area contributed by atoms with Crippen LogP contribution in [0.15, 0.2) is 36.4 Å². The van der Waals surface area contributed by atoms with Crippen LogP contribution in [0.1, 0.15) is 18.5 Å². The van der Waals surface area contributed by atoms with Gasteiger partial charge in [0.2, 0.25) is 0 Å². The Morgan fingerprint density at radius 3 is 2.10 bits per heavy atom. The van der Waals surface area contributed by atoms with Crippen molar-refractivity contribution in [2.75, 3.05) is 17.7 Å². The molecule has 0 amide bonds. The molecule has 2 aromatic carbocycles. The molecule has 1 unspecified atom stereocenters. The highest BCUT2D eigenvalue weighted by molar-refractivity contribution is 6.30. The minimum Gasteiger partial charge on any atom is -0.399 e. The van der Waals surface area contributed by atoms with Gasteiger partial charge < -0.3 is 10.6 Å². The first kappa shape index (κ1) is 14.6. The van der Waals surface area contributed by atoms with Gasteiger partial charge in [0.15, 0.2) is 11.6 Å². The molecule has 2 N–H and O–H groups in total. The van der Waals surface area contributed by atoms with Gasteiger partial charge in [-0.15, -0.1) is 0 Å². The Kier molecular flexibility index (Phi) is 4.14. The molecular formula is C15H15ClF2N2. The van der Waals surface area contributed by atoms with Crippen molar-refractivity contribution in [3.05, 3.63) is 58.6 Å². The summed E-state index contributed by atoms with van der Waals surface area (Å²) in [6, 6.07) is 9.17. The van der Waals surface area contributed by atoms with Crippen LogP contribution in [-0.4, -0.2) is 7.05 Å². The number of nitrogen functional groups attached to an aromatic ring is 1. The van der Waals surface area contributed by atoms with Crippen molar-refractivity contribution in [3.63, 3.8) is 0 Å². The first-order valence-corrected chi connectivity index (χ1v) is 6.50. The van der Waals surface area contributed by atoms with Crippen molar-refractivity contribution in [3.8, 4) is 0 Å². The molecule has 0 radical (unpaired) electrons. The lowest BCUT2D eigenvalue weighted by Crippen LogP contribution is -2.24. The van der Waals surface area contributed by atoms with E-state index in [0.29, 0.717) is 5.02 Å². The molecule has 1 atom stereocenters. The van der Waals surface area contributed by atoms with Crippen molar-refractivity contribution in [2.45, 2.75) is 13.0 Å². The summed E-state index contributed by atoms with van der Waals surface area (Å²) in [5.41, 5.74) is 6.30. The van der Waals surface area contributed by atoms with Crippen LogP contribution in [0.25, 0.3) is 0 Å². The van der Waals surface area contributed by atoms with E-state index < -0.39 is 11.6 Å². The van der Waals surface area contributed by atoms with Gasteiger partial charge >= 0.3 is 0 Å². The summed E-state index contributed by atoms with van der Waals surface area (Å²) in [5, 5.41) is 0.619. The van der Waals surface area contributed by atoms with Gasteiger partial charge in [-0.05, 0) is 36.8 Å². The minimum atomic E-state index is -0.675. The Labute approximate surface area is 121 Å². The number of anilines is 2. The van der Waals surface area contributed by atoms with Crippen LogP contribution < -0.4 is 10.6 Å². The summed E-state index contributed by atoms with van der Waals surface area (Å²) in [6.45, 7) is 1.86. The third-order valence-electron chi connectivity index (χ3n) is 3.33. The quantitative estimate of drug-likeness (QED) is 0.851. The van der Waals surface area contributed by atoms with Crippen LogP contribution >= 0.6 is 11.6 Å². The van der Waals surface area contributed by atoms with E-state index in [0.717, 1.165) is 17.7 Å². The van der Waals surface area contributed by atoms with Crippen LogP contribution in [0.4, 0.5) is 20.2 Å². The van der Waals surface area contributed by atoms with Crippen molar-refractivity contribution >= 4 is 23.0 Å². The zero-order valence-electron chi connectivity index (χ0n) is 11.2. The number of nitrogens with zero attached hydrogens (tertiary/aromatic N) is 1. The van der Waals surface area contributed by atoms with Gasteiger partial charge in [0.1, 0.15) is 5.69 Å². The molecular weight excluding hydrogens is 282 g/mol. The molecule has 106 valence electrons. The van der Waals surface area contributed by atoms with Gasteiger partial charge in [-0.3, -0.25) is 0 Å². The van der Waals surface area contributed by atoms with Gasteiger partial charge in [-0.2, -0.15) is 0 Å². The highest BCUT2D eigenvalue weighted by atomic mass is 35.5. The number of rotatable bonds is 3. The van der Waals surface area contributed by atoms with Crippen LogP contribution in [-0.2, 0) is 0 Å². The second-order valence-electron chi connectivity index (χ2n) is 4.67. The topological polar surface area (TPSA) is 29.3 Å². The summed E-state index contributed by atoms with van der Waals surface area (Å²) >= 11 is 5.83. The van der Waals surface area contributed by atoms with Crippen molar-refractivity contribution < 1.29 is 8.78 Å². The van der Waals surface area contributed by atoms with E-state index in [1.54, 1.807) is 19.2 Å². The van der Waals surface area contributed by atoms with E-state index in [-0.39, 0.29) is 17.4 Å². The Morgan fingerprint density at radius 1 is 1.10 bits per heavy atom. The maximum atomic E-state index is 13.9. The van der Waals surface area contributed by atoms with Gasteiger partial charge in [-0.1, -0.05) is 23.7 Å². The predicted octanol–water partition coefficient (Wildman–Crippen LogP) is 4.40. The molecule has 0 heterocycles.